The first kappa shape index (κ1) is 6.23. The van der Waals surface area contributed by atoms with Crippen LogP contribution in [-0.4, -0.2) is 0 Å². The summed E-state index contributed by atoms with van der Waals surface area (Å²) in [6.07, 6.45) is 4.82. The van der Waals surface area contributed by atoms with Crippen LogP contribution >= 0.6 is 0 Å². The molecular formula is C6H7F. The van der Waals surface area contributed by atoms with Crippen LogP contribution in [0.3, 0.4) is 0 Å². The largest absolute Gasteiger partial charge is 0.211 e. The Morgan fingerprint density at radius 1 is 2.00 bits per heavy atom. The highest BCUT2D eigenvalue weighted by Gasteiger charge is 1.97. The maximum absolute atomic E-state index is 11.8. The van der Waals surface area contributed by atoms with Crippen LogP contribution in [-0.2, 0) is 0 Å². The van der Waals surface area contributed by atoms with E-state index in [0.717, 1.165) is 0 Å². The van der Waals surface area contributed by atoms with Crippen LogP contribution in [0.2, 0.25) is 0 Å². The predicted molar refractivity (Wildman–Crippen MR) is 28.2 cm³/mol. The van der Waals surface area contributed by atoms with Crippen molar-refractivity contribution in [2.24, 2.45) is 5.92 Å². The number of terminal acetylenes is 1. The Bertz CT molecular complexity index is 108. The zero-order valence-electron chi connectivity index (χ0n) is 4.24. The van der Waals surface area contributed by atoms with Gasteiger partial charge in [0, 0.05) is 0 Å². The summed E-state index contributed by atoms with van der Waals surface area (Å²) >= 11 is 0. The molecule has 0 spiro atoms. The first-order valence-electron chi connectivity index (χ1n) is 1.99. The van der Waals surface area contributed by atoms with E-state index in [-0.39, 0.29) is 0 Å². The van der Waals surface area contributed by atoms with Crippen LogP contribution in [0.25, 0.3) is 0 Å². The van der Waals surface area contributed by atoms with Crippen molar-refractivity contribution in [3.05, 3.63) is 12.4 Å². The van der Waals surface area contributed by atoms with Gasteiger partial charge in [-0.3, -0.25) is 0 Å². The number of hydrogen-bond acceptors (Lipinski definition) is 0. The standard InChI is InChI=1S/C6H7F/c1-4-5(2)6(3)7/h1,5H,3H2,2H3. The Balaban J connectivity index is 3.63. The lowest BCUT2D eigenvalue weighted by Crippen LogP contribution is -1.85. The van der Waals surface area contributed by atoms with Gasteiger partial charge in [-0.15, -0.1) is 6.42 Å². The quantitative estimate of drug-likeness (QED) is 0.438. The molecule has 0 nitrogen and oxygen atoms in total. The third-order valence-corrected chi connectivity index (χ3v) is 0.720. The van der Waals surface area contributed by atoms with E-state index < -0.39 is 11.7 Å². The third-order valence-electron chi connectivity index (χ3n) is 0.720. The summed E-state index contributed by atoms with van der Waals surface area (Å²) in [6.45, 7) is 4.60. The van der Waals surface area contributed by atoms with Crippen molar-refractivity contribution >= 4 is 0 Å². The number of hydrogen-bond donors (Lipinski definition) is 0. The van der Waals surface area contributed by atoms with Crippen molar-refractivity contribution in [3.8, 4) is 12.3 Å². The van der Waals surface area contributed by atoms with E-state index in [4.69, 9.17) is 6.42 Å². The highest BCUT2D eigenvalue weighted by Crippen LogP contribution is 2.05. The fourth-order valence-corrected chi connectivity index (χ4v) is 0.0904. The van der Waals surface area contributed by atoms with Crippen LogP contribution in [0.1, 0.15) is 6.92 Å². The highest BCUT2D eigenvalue weighted by atomic mass is 19.1. The smallest absolute Gasteiger partial charge is 0.107 e. The molecule has 1 unspecified atom stereocenters. The summed E-state index contributed by atoms with van der Waals surface area (Å²) in [5.41, 5.74) is 0. The van der Waals surface area contributed by atoms with E-state index in [2.05, 4.69) is 12.5 Å². The second-order valence-corrected chi connectivity index (χ2v) is 1.34. The van der Waals surface area contributed by atoms with Gasteiger partial charge in [0.25, 0.3) is 0 Å². The molecule has 0 aromatic heterocycles. The van der Waals surface area contributed by atoms with Gasteiger partial charge < -0.3 is 0 Å². The summed E-state index contributed by atoms with van der Waals surface area (Å²) in [5.74, 6) is 1.32. The highest BCUT2D eigenvalue weighted by molar-refractivity contribution is 5.04. The van der Waals surface area contributed by atoms with Gasteiger partial charge >= 0.3 is 0 Å². The van der Waals surface area contributed by atoms with Crippen molar-refractivity contribution in [2.45, 2.75) is 6.92 Å². The van der Waals surface area contributed by atoms with E-state index in [1.807, 2.05) is 0 Å². The maximum Gasteiger partial charge on any atom is 0.107 e. The van der Waals surface area contributed by atoms with Crippen molar-refractivity contribution in [1.82, 2.24) is 0 Å². The molecule has 0 aliphatic carbocycles. The minimum Gasteiger partial charge on any atom is -0.211 e. The van der Waals surface area contributed by atoms with Gasteiger partial charge in [-0.1, -0.05) is 12.5 Å². The topological polar surface area (TPSA) is 0 Å². The predicted octanol–water partition coefficient (Wildman–Crippen LogP) is 1.74. The van der Waals surface area contributed by atoms with Crippen LogP contribution in [0.4, 0.5) is 4.39 Å². The van der Waals surface area contributed by atoms with Crippen molar-refractivity contribution < 1.29 is 4.39 Å². The molecule has 0 saturated carbocycles. The average Bonchev–Trinajstić information content (AvgIpc) is 1.65. The second kappa shape index (κ2) is 2.41. The molecule has 0 fully saturated rings. The second-order valence-electron chi connectivity index (χ2n) is 1.34. The minimum atomic E-state index is -0.442. The van der Waals surface area contributed by atoms with Gasteiger partial charge in [-0.05, 0) is 6.92 Å². The Morgan fingerprint density at radius 3 is 2.43 bits per heavy atom. The van der Waals surface area contributed by atoms with E-state index in [1.165, 1.54) is 0 Å². The van der Waals surface area contributed by atoms with Crippen LogP contribution in [0.15, 0.2) is 12.4 Å². The van der Waals surface area contributed by atoms with Gasteiger partial charge in [0.2, 0.25) is 0 Å². The van der Waals surface area contributed by atoms with Crippen molar-refractivity contribution in [1.29, 1.82) is 0 Å². The Morgan fingerprint density at radius 2 is 2.43 bits per heavy atom. The summed E-state index contributed by atoms with van der Waals surface area (Å²) in [6, 6.07) is 0. The molecule has 0 rings (SSSR count). The molecule has 0 aliphatic heterocycles. The zero-order chi connectivity index (χ0) is 5.86. The first-order valence-corrected chi connectivity index (χ1v) is 1.99. The van der Waals surface area contributed by atoms with Gasteiger partial charge in [-0.25, -0.2) is 4.39 Å². The third kappa shape index (κ3) is 1.99. The molecule has 0 aromatic rings. The summed E-state index contributed by atoms with van der Waals surface area (Å²) in [4.78, 5) is 0. The first-order chi connectivity index (χ1) is 3.18. The average molecular weight is 98.1 g/mol. The minimum absolute atomic E-state index is 0.431. The van der Waals surface area contributed by atoms with Gasteiger partial charge in [0.15, 0.2) is 0 Å². The molecule has 0 saturated heterocycles. The molecule has 38 valence electrons. The lowest BCUT2D eigenvalue weighted by atomic mass is 10.2. The normalized spacial score (nSPS) is 12.1. The van der Waals surface area contributed by atoms with E-state index in [9.17, 15) is 4.39 Å². The summed E-state index contributed by atoms with van der Waals surface area (Å²) in [7, 11) is 0. The number of allylic oxidation sites excluding steroid dienone is 1. The van der Waals surface area contributed by atoms with E-state index >= 15 is 0 Å². The summed E-state index contributed by atoms with van der Waals surface area (Å²) in [5, 5.41) is 0. The van der Waals surface area contributed by atoms with Gasteiger partial charge in [0.05, 0.1) is 5.92 Å². The molecule has 1 atom stereocenters. The van der Waals surface area contributed by atoms with Crippen LogP contribution < -0.4 is 0 Å². The fourth-order valence-electron chi connectivity index (χ4n) is 0.0904. The molecule has 0 heterocycles. The fraction of sp³-hybridized carbons (Fsp3) is 0.333. The van der Waals surface area contributed by atoms with E-state index in [1.54, 1.807) is 6.92 Å². The molecule has 7 heavy (non-hydrogen) atoms. The number of halogens is 1. The summed E-state index contributed by atoms with van der Waals surface area (Å²) < 4.78 is 11.8. The van der Waals surface area contributed by atoms with E-state index in [0.29, 0.717) is 0 Å². The van der Waals surface area contributed by atoms with Gasteiger partial charge in [-0.2, -0.15) is 0 Å². The molecule has 0 amide bonds. The molecular weight excluding hydrogens is 91.1 g/mol. The van der Waals surface area contributed by atoms with Crippen LogP contribution in [0, 0.1) is 18.3 Å². The molecule has 0 aromatic carbocycles. The SMILES string of the molecule is C#CC(C)C(=C)F. The lowest BCUT2D eigenvalue weighted by molar-refractivity contribution is 0.562. The molecule has 0 aliphatic rings. The van der Waals surface area contributed by atoms with Crippen molar-refractivity contribution in [2.75, 3.05) is 0 Å². The Kier molecular flexibility index (Phi) is 2.15. The Labute approximate surface area is 43.0 Å². The van der Waals surface area contributed by atoms with Gasteiger partial charge in [0.1, 0.15) is 5.83 Å². The number of rotatable bonds is 1. The molecule has 0 radical (unpaired) electrons. The lowest BCUT2D eigenvalue weighted by Gasteiger charge is -1.92. The van der Waals surface area contributed by atoms with Crippen LogP contribution in [0.5, 0.6) is 0 Å². The monoisotopic (exact) mass is 98.1 g/mol. The zero-order valence-corrected chi connectivity index (χ0v) is 4.24. The van der Waals surface area contributed by atoms with Crippen molar-refractivity contribution in [3.63, 3.8) is 0 Å². The molecule has 0 N–H and O–H groups in total. The molecule has 1 heteroatoms. The Hall–Kier alpha value is -0.770. The molecule has 0 bridgehead atoms. The maximum atomic E-state index is 11.8.